The maximum Gasteiger partial charge on any atom is 0.184 e. The molecule has 0 aromatic rings. The van der Waals surface area contributed by atoms with E-state index in [1.807, 2.05) is 0 Å². The van der Waals surface area contributed by atoms with Gasteiger partial charge in [-0.25, -0.2) is 0 Å². The Hall–Kier alpha value is -0.240. The van der Waals surface area contributed by atoms with Crippen molar-refractivity contribution in [2.24, 2.45) is 0 Å². The lowest BCUT2D eigenvalue weighted by Crippen LogP contribution is -2.58. The molecule has 0 aromatic heterocycles. The minimum absolute atomic E-state index is 0.526. The summed E-state index contributed by atoms with van der Waals surface area (Å²) in [7, 11) is 0. The van der Waals surface area contributed by atoms with Gasteiger partial charge in [0.1, 0.15) is 24.4 Å². The number of aliphatic hydroxyl groups is 5. The highest BCUT2D eigenvalue weighted by molar-refractivity contribution is 4.87. The fourth-order valence-electron chi connectivity index (χ4n) is 1.08. The van der Waals surface area contributed by atoms with Gasteiger partial charge in [-0.05, 0) is 0 Å². The molecule has 1 saturated heterocycles. The molecule has 0 aromatic carbocycles. The molecule has 5 N–H and O–H groups in total. The molecule has 0 spiro atoms. The van der Waals surface area contributed by atoms with Crippen LogP contribution in [0.3, 0.4) is 0 Å². The summed E-state index contributed by atoms with van der Waals surface area (Å²) < 4.78 is 4.58. The largest absolute Gasteiger partial charge is 0.394 e. The number of hydrogen-bond acceptors (Lipinski definition) is 6. The van der Waals surface area contributed by atoms with Crippen LogP contribution in [-0.4, -0.2) is 62.8 Å². The molecule has 0 unspecified atom stereocenters. The number of rotatable bonds is 1. The van der Waals surface area contributed by atoms with E-state index in [0.717, 1.165) is 0 Å². The predicted octanol–water partition coefficient (Wildman–Crippen LogP) is -3.22. The molecular formula is C6H12O6. The van der Waals surface area contributed by atoms with Gasteiger partial charge in [0, 0.05) is 0 Å². The standard InChI is InChI=1S/C6H12O6/c7-1-2-3(8)4(9)5(10)6(11)12-2/h2-11H,1H2/t2-,3-,4-,5+,6+/m1/s1. The Morgan fingerprint density at radius 2 is 1.50 bits per heavy atom. The Balaban J connectivity index is 2.63. The topological polar surface area (TPSA) is 110 Å². The van der Waals surface area contributed by atoms with Gasteiger partial charge in [0.15, 0.2) is 6.29 Å². The van der Waals surface area contributed by atoms with E-state index in [0.29, 0.717) is 0 Å². The SMILES string of the molecule is OC[C@H]1O[C@H](O)[C@@H](O)[C@H](O)[C@@H]1O. The summed E-state index contributed by atoms with van der Waals surface area (Å²) in [6, 6.07) is 0. The second-order valence-electron chi connectivity index (χ2n) is 2.72. The van der Waals surface area contributed by atoms with Crippen LogP contribution in [0.5, 0.6) is 0 Å². The van der Waals surface area contributed by atoms with Gasteiger partial charge in [-0.15, -0.1) is 0 Å². The molecule has 6 nitrogen and oxygen atoms in total. The van der Waals surface area contributed by atoms with Crippen LogP contribution >= 0.6 is 0 Å². The second-order valence-corrected chi connectivity index (χ2v) is 2.72. The molecule has 0 bridgehead atoms. The fraction of sp³-hybridized carbons (Fsp3) is 1.00. The molecule has 1 heterocycles. The minimum atomic E-state index is -1.57. The Labute approximate surface area is 68.6 Å². The number of ether oxygens (including phenoxy) is 1. The fourth-order valence-corrected chi connectivity index (χ4v) is 1.08. The van der Waals surface area contributed by atoms with Gasteiger partial charge in [-0.1, -0.05) is 0 Å². The van der Waals surface area contributed by atoms with Crippen LogP contribution in [0.25, 0.3) is 0 Å². The molecular weight excluding hydrogens is 168 g/mol. The first-order valence-corrected chi connectivity index (χ1v) is 3.56. The highest BCUT2D eigenvalue weighted by Gasteiger charge is 2.42. The third kappa shape index (κ3) is 1.58. The number of hydrogen-bond donors (Lipinski definition) is 5. The third-order valence-corrected chi connectivity index (χ3v) is 1.87. The zero-order valence-corrected chi connectivity index (χ0v) is 6.24. The quantitative estimate of drug-likeness (QED) is 0.290. The zero-order valence-electron chi connectivity index (χ0n) is 6.24. The molecule has 0 amide bonds. The van der Waals surface area contributed by atoms with Crippen molar-refractivity contribution >= 4 is 0 Å². The van der Waals surface area contributed by atoms with Gasteiger partial charge >= 0.3 is 0 Å². The van der Waals surface area contributed by atoms with E-state index in [-0.39, 0.29) is 0 Å². The summed E-state index contributed by atoms with van der Waals surface area (Å²) in [5, 5.41) is 44.7. The summed E-state index contributed by atoms with van der Waals surface area (Å²) in [6.45, 7) is -0.526. The lowest BCUT2D eigenvalue weighted by Gasteiger charge is -2.37. The molecule has 1 aliphatic heterocycles. The highest BCUT2D eigenvalue weighted by atomic mass is 16.6. The van der Waals surface area contributed by atoms with Crippen molar-refractivity contribution in [1.29, 1.82) is 0 Å². The average Bonchev–Trinajstić information content (AvgIpc) is 2.08. The Bertz CT molecular complexity index is 146. The van der Waals surface area contributed by atoms with Crippen molar-refractivity contribution < 1.29 is 30.3 Å². The molecule has 1 rings (SSSR count). The van der Waals surface area contributed by atoms with E-state index in [1.54, 1.807) is 0 Å². The molecule has 1 aliphatic rings. The van der Waals surface area contributed by atoms with Crippen LogP contribution in [-0.2, 0) is 4.74 Å². The Morgan fingerprint density at radius 3 is 2.00 bits per heavy atom. The second kappa shape index (κ2) is 3.65. The van der Waals surface area contributed by atoms with Gasteiger partial charge in [0.25, 0.3) is 0 Å². The van der Waals surface area contributed by atoms with Crippen LogP contribution < -0.4 is 0 Å². The van der Waals surface area contributed by atoms with Gasteiger partial charge in [-0.3, -0.25) is 0 Å². The Morgan fingerprint density at radius 1 is 0.917 bits per heavy atom. The van der Waals surface area contributed by atoms with Crippen molar-refractivity contribution in [3.05, 3.63) is 0 Å². The van der Waals surface area contributed by atoms with Crippen LogP contribution in [0.4, 0.5) is 0 Å². The summed E-state index contributed by atoms with van der Waals surface area (Å²) >= 11 is 0. The monoisotopic (exact) mass is 180 g/mol. The van der Waals surface area contributed by atoms with Crippen LogP contribution in [0.1, 0.15) is 0 Å². The first kappa shape index (κ1) is 9.85. The number of aliphatic hydroxyl groups excluding tert-OH is 5. The van der Waals surface area contributed by atoms with Crippen molar-refractivity contribution in [3.8, 4) is 0 Å². The van der Waals surface area contributed by atoms with Crippen molar-refractivity contribution in [3.63, 3.8) is 0 Å². The lowest BCUT2D eigenvalue weighted by molar-refractivity contribution is -0.286. The molecule has 0 aliphatic carbocycles. The van der Waals surface area contributed by atoms with Crippen molar-refractivity contribution in [1.82, 2.24) is 0 Å². The van der Waals surface area contributed by atoms with Crippen molar-refractivity contribution in [2.45, 2.75) is 30.7 Å². The van der Waals surface area contributed by atoms with E-state index in [4.69, 9.17) is 25.5 Å². The maximum absolute atomic E-state index is 9.12. The van der Waals surface area contributed by atoms with Gasteiger partial charge < -0.3 is 30.3 Å². The van der Waals surface area contributed by atoms with Crippen molar-refractivity contribution in [2.75, 3.05) is 6.61 Å². The third-order valence-electron chi connectivity index (χ3n) is 1.87. The summed E-state index contributed by atoms with van der Waals surface area (Å²) in [6.07, 6.45) is -7.04. The average molecular weight is 180 g/mol. The summed E-state index contributed by atoms with van der Waals surface area (Å²) in [5.74, 6) is 0. The lowest BCUT2D eigenvalue weighted by atomic mass is 10.00. The first-order chi connectivity index (χ1) is 5.57. The van der Waals surface area contributed by atoms with Crippen LogP contribution in [0, 0.1) is 0 Å². The van der Waals surface area contributed by atoms with Crippen LogP contribution in [0.2, 0.25) is 0 Å². The summed E-state index contributed by atoms with van der Waals surface area (Å²) in [5.41, 5.74) is 0. The minimum Gasteiger partial charge on any atom is -0.394 e. The molecule has 0 saturated carbocycles. The zero-order chi connectivity index (χ0) is 9.30. The van der Waals surface area contributed by atoms with E-state index in [2.05, 4.69) is 4.74 Å². The van der Waals surface area contributed by atoms with Gasteiger partial charge in [0.05, 0.1) is 6.61 Å². The molecule has 72 valence electrons. The van der Waals surface area contributed by atoms with E-state index in [1.165, 1.54) is 0 Å². The van der Waals surface area contributed by atoms with E-state index < -0.39 is 37.3 Å². The smallest absolute Gasteiger partial charge is 0.184 e. The molecule has 0 radical (unpaired) electrons. The molecule has 1 fully saturated rings. The molecule has 12 heavy (non-hydrogen) atoms. The Kier molecular flexibility index (Phi) is 2.99. The van der Waals surface area contributed by atoms with E-state index >= 15 is 0 Å². The van der Waals surface area contributed by atoms with Gasteiger partial charge in [-0.2, -0.15) is 0 Å². The summed E-state index contributed by atoms with van der Waals surface area (Å²) in [4.78, 5) is 0. The van der Waals surface area contributed by atoms with Gasteiger partial charge in [0.2, 0.25) is 0 Å². The first-order valence-electron chi connectivity index (χ1n) is 3.56. The maximum atomic E-state index is 9.12. The van der Waals surface area contributed by atoms with Crippen LogP contribution in [0.15, 0.2) is 0 Å². The molecule has 6 heteroatoms. The predicted molar refractivity (Wildman–Crippen MR) is 36.0 cm³/mol. The molecule has 5 atom stereocenters. The highest BCUT2D eigenvalue weighted by Crippen LogP contribution is 2.18. The van der Waals surface area contributed by atoms with E-state index in [9.17, 15) is 0 Å². The normalized spacial score (nSPS) is 49.2.